The van der Waals surface area contributed by atoms with Crippen molar-refractivity contribution < 1.29 is 24.7 Å². The highest BCUT2D eigenvalue weighted by Crippen LogP contribution is 2.37. The Hall–Kier alpha value is -4.30. The van der Waals surface area contributed by atoms with Crippen LogP contribution in [0.15, 0.2) is 127 Å². The maximum absolute atomic E-state index is 11.2. The molecule has 4 aromatic carbocycles. The van der Waals surface area contributed by atoms with Crippen molar-refractivity contribution in [3.63, 3.8) is 0 Å². The third-order valence-electron chi connectivity index (χ3n) is 7.73. The molecule has 0 spiro atoms. The van der Waals surface area contributed by atoms with E-state index in [-0.39, 0.29) is 35.9 Å². The number of nitro groups is 1. The summed E-state index contributed by atoms with van der Waals surface area (Å²) in [5.41, 5.74) is 5.16. The summed E-state index contributed by atoms with van der Waals surface area (Å²) in [7, 11) is -2.89. The van der Waals surface area contributed by atoms with Gasteiger partial charge in [-0.05, 0) is 62.5 Å². The van der Waals surface area contributed by atoms with Gasteiger partial charge in [0.05, 0.1) is 23.7 Å². The van der Waals surface area contributed by atoms with Crippen molar-refractivity contribution in [3.05, 3.63) is 148 Å². The molecule has 0 aliphatic heterocycles. The molecule has 4 aromatic rings. The van der Waals surface area contributed by atoms with E-state index in [1.807, 2.05) is 36.4 Å². The maximum Gasteiger partial charge on any atom is 0.269 e. The molecule has 44 heavy (non-hydrogen) atoms. The Labute approximate surface area is 259 Å². The van der Waals surface area contributed by atoms with Crippen LogP contribution >= 0.6 is 0 Å². The van der Waals surface area contributed by atoms with Gasteiger partial charge in [-0.15, -0.1) is 5.73 Å². The summed E-state index contributed by atoms with van der Waals surface area (Å²) < 4.78 is 7.10. The number of hydrogen-bond acceptors (Lipinski definition) is 6. The van der Waals surface area contributed by atoms with Gasteiger partial charge in [-0.1, -0.05) is 93.6 Å². The van der Waals surface area contributed by atoms with Crippen molar-refractivity contribution >= 4 is 24.4 Å². The topological polar surface area (TPSA) is 113 Å². The fourth-order valence-electron chi connectivity index (χ4n) is 5.43. The van der Waals surface area contributed by atoms with E-state index in [0.29, 0.717) is 16.7 Å². The molecule has 0 radical (unpaired) electrons. The number of phenolic OH excluding ortho intramolecular Hbond substituents is 1. The number of aliphatic hydroxyl groups is 2. The first-order chi connectivity index (χ1) is 21.0. The van der Waals surface area contributed by atoms with Crippen molar-refractivity contribution in [2.24, 2.45) is 0 Å². The van der Waals surface area contributed by atoms with E-state index in [2.05, 4.69) is 50.8 Å². The fourth-order valence-corrected chi connectivity index (χ4v) is 9.98. The molecule has 0 heterocycles. The average Bonchev–Trinajstić information content (AvgIpc) is 3.02. The summed E-state index contributed by atoms with van der Waals surface area (Å²) in [6.07, 6.45) is 0.436. The van der Waals surface area contributed by atoms with Gasteiger partial charge in [0.15, 0.2) is 0 Å². The van der Waals surface area contributed by atoms with E-state index in [0.717, 1.165) is 10.4 Å². The number of aliphatic hydroxyl groups excluding tert-OH is 2. The van der Waals surface area contributed by atoms with Crippen LogP contribution in [-0.2, 0) is 4.43 Å². The lowest BCUT2D eigenvalue weighted by Gasteiger charge is -2.43. The lowest BCUT2D eigenvalue weighted by molar-refractivity contribution is -0.384. The minimum absolute atomic E-state index is 0.0464. The molecule has 0 aliphatic carbocycles. The zero-order valence-corrected chi connectivity index (χ0v) is 26.3. The molecule has 0 saturated heterocycles. The molecular weight excluding hydrogens is 570 g/mol. The molecule has 0 aliphatic rings. The highest BCUT2D eigenvalue weighted by atomic mass is 28.4. The number of phenols is 1. The molecule has 228 valence electrons. The van der Waals surface area contributed by atoms with Crippen LogP contribution in [0.1, 0.15) is 56.9 Å². The van der Waals surface area contributed by atoms with Gasteiger partial charge in [0.25, 0.3) is 14.0 Å². The van der Waals surface area contributed by atoms with Gasteiger partial charge in [-0.2, -0.15) is 0 Å². The normalized spacial score (nSPS) is 13.0. The van der Waals surface area contributed by atoms with Gasteiger partial charge >= 0.3 is 0 Å². The van der Waals surface area contributed by atoms with Crippen LogP contribution < -0.4 is 10.4 Å². The third kappa shape index (κ3) is 7.80. The van der Waals surface area contributed by atoms with Gasteiger partial charge in [0.2, 0.25) is 0 Å². The van der Waals surface area contributed by atoms with Gasteiger partial charge in [-0.25, -0.2) is 0 Å². The van der Waals surface area contributed by atoms with E-state index in [9.17, 15) is 25.4 Å². The molecule has 4 rings (SSSR count). The Bertz CT molecular complexity index is 1540. The van der Waals surface area contributed by atoms with Crippen LogP contribution in [0.3, 0.4) is 0 Å². The van der Waals surface area contributed by atoms with Gasteiger partial charge in [0, 0.05) is 25.0 Å². The van der Waals surface area contributed by atoms with Crippen LogP contribution in [0.5, 0.6) is 5.75 Å². The van der Waals surface area contributed by atoms with Crippen molar-refractivity contribution in [2.75, 3.05) is 6.61 Å². The molecule has 0 amide bonds. The predicted octanol–water partition coefficient (Wildman–Crippen LogP) is 6.51. The lowest BCUT2D eigenvalue weighted by Crippen LogP contribution is -2.66. The van der Waals surface area contributed by atoms with Crippen LogP contribution in [0.25, 0.3) is 0 Å². The summed E-state index contributed by atoms with van der Waals surface area (Å²) in [4.78, 5) is 10.7. The molecule has 0 bridgehead atoms. The zero-order chi connectivity index (χ0) is 31.7. The number of benzene rings is 4. The van der Waals surface area contributed by atoms with E-state index in [1.54, 1.807) is 30.3 Å². The van der Waals surface area contributed by atoms with Gasteiger partial charge in [0.1, 0.15) is 5.75 Å². The summed E-state index contributed by atoms with van der Waals surface area (Å²) in [6.45, 7) is 6.76. The van der Waals surface area contributed by atoms with E-state index < -0.39 is 25.4 Å². The van der Waals surface area contributed by atoms with Crippen LogP contribution in [0.4, 0.5) is 5.69 Å². The fraction of sp³-hybridized carbons (Fsp3) is 0.250. The zero-order valence-electron chi connectivity index (χ0n) is 25.3. The Morgan fingerprint density at radius 2 is 1.34 bits per heavy atom. The molecule has 7 nitrogen and oxygen atoms in total. The first kappa shape index (κ1) is 32.6. The van der Waals surface area contributed by atoms with Crippen LogP contribution in [0.2, 0.25) is 5.04 Å². The van der Waals surface area contributed by atoms with E-state index >= 15 is 0 Å². The Kier molecular flexibility index (Phi) is 10.7. The van der Waals surface area contributed by atoms with Crippen molar-refractivity contribution in [3.8, 4) is 5.75 Å². The maximum atomic E-state index is 11.2. The minimum Gasteiger partial charge on any atom is -0.508 e. The quantitative estimate of drug-likeness (QED) is 0.0731. The smallest absolute Gasteiger partial charge is 0.269 e. The molecule has 0 saturated carbocycles. The average molecular weight is 610 g/mol. The number of non-ortho nitro benzene ring substituents is 1. The number of hydrogen-bond donors (Lipinski definition) is 3. The second kappa shape index (κ2) is 14.4. The number of rotatable bonds is 12. The Morgan fingerprint density at radius 3 is 1.84 bits per heavy atom. The summed E-state index contributed by atoms with van der Waals surface area (Å²) >= 11 is 0. The number of nitro benzene ring substituents is 1. The third-order valence-corrected chi connectivity index (χ3v) is 12.7. The van der Waals surface area contributed by atoms with Crippen molar-refractivity contribution in [2.45, 2.75) is 50.9 Å². The Morgan fingerprint density at radius 1 is 0.841 bits per heavy atom. The molecule has 3 N–H and O–H groups in total. The van der Waals surface area contributed by atoms with Gasteiger partial charge < -0.3 is 19.7 Å². The standard InChI is InChI=1S/C36H39NO6Si/c1-36(2,3)44(32-12-6-4-7-13-32,33-14-8-5-9-15-33)43-26-27(11-10-16-34(39)28-19-23-31(38)24-20-28)25-35(40)29-17-21-30(22-18-29)37(41)42/h4-10,12-15,17-24,34-35,38-40H,16,25-26H2,1-3H3/t11?,34-,35-/m1/s1. The summed E-state index contributed by atoms with van der Waals surface area (Å²) in [5, 5.41) is 44.6. The lowest BCUT2D eigenvalue weighted by atomic mass is 10.0. The van der Waals surface area contributed by atoms with Crippen molar-refractivity contribution in [1.82, 2.24) is 0 Å². The first-order valence-corrected chi connectivity index (χ1v) is 16.5. The van der Waals surface area contributed by atoms with Gasteiger partial charge in [-0.3, -0.25) is 10.1 Å². The monoisotopic (exact) mass is 609 g/mol. The molecule has 0 aromatic heterocycles. The minimum atomic E-state index is -2.89. The molecule has 8 heteroatoms. The SMILES string of the molecule is CC(C)(C)[Si](OCC(=C=CC[C@@H](O)c1ccc(O)cc1)C[C@@H](O)c1ccc([N+](=O)[O-])cc1)(c1ccccc1)c1ccccc1. The van der Waals surface area contributed by atoms with E-state index in [4.69, 9.17) is 4.43 Å². The number of nitrogens with zero attached hydrogens (tertiary/aromatic N) is 1. The second-order valence-corrected chi connectivity index (χ2v) is 16.1. The molecular formula is C36H39NO6Si. The summed E-state index contributed by atoms with van der Waals surface area (Å²) in [6, 6.07) is 32.8. The largest absolute Gasteiger partial charge is 0.508 e. The second-order valence-electron chi connectivity index (χ2n) is 11.8. The van der Waals surface area contributed by atoms with Crippen LogP contribution in [-0.4, -0.2) is 35.2 Å². The highest BCUT2D eigenvalue weighted by Gasteiger charge is 2.50. The van der Waals surface area contributed by atoms with E-state index in [1.165, 1.54) is 24.3 Å². The Balaban J connectivity index is 1.70. The van der Waals surface area contributed by atoms with Crippen molar-refractivity contribution in [1.29, 1.82) is 0 Å². The molecule has 0 unspecified atom stereocenters. The predicted molar refractivity (Wildman–Crippen MR) is 176 cm³/mol. The molecule has 2 atom stereocenters. The van der Waals surface area contributed by atoms with Crippen LogP contribution in [0, 0.1) is 10.1 Å². The highest BCUT2D eigenvalue weighted by molar-refractivity contribution is 6.99. The first-order valence-electron chi connectivity index (χ1n) is 14.6. The number of aromatic hydroxyl groups is 1. The molecule has 0 fully saturated rings. The summed E-state index contributed by atoms with van der Waals surface area (Å²) in [5.74, 6) is 0.124.